The second-order valence-electron chi connectivity index (χ2n) is 17.1. The molecule has 2 aromatic carbocycles. The van der Waals surface area contributed by atoms with Crippen molar-refractivity contribution in [2.45, 2.75) is 112 Å². The number of anilines is 3. The Hall–Kier alpha value is -4.84. The van der Waals surface area contributed by atoms with Gasteiger partial charge in [0.25, 0.3) is 0 Å². The van der Waals surface area contributed by atoms with Crippen LogP contribution in [0, 0.1) is 5.82 Å². The lowest BCUT2D eigenvalue weighted by Crippen LogP contribution is -2.40. The first-order valence-electron chi connectivity index (χ1n) is 21.8. The fraction of sp³-hybridized carbons (Fsp3) is 0.545. The predicted octanol–water partition coefficient (Wildman–Crippen LogP) is 4.88. The van der Waals surface area contributed by atoms with Crippen molar-refractivity contribution < 1.29 is 28.1 Å². The third-order valence-corrected chi connectivity index (χ3v) is 14.6. The van der Waals surface area contributed by atoms with Gasteiger partial charge in [-0.05, 0) is 99.7 Å². The summed E-state index contributed by atoms with van der Waals surface area (Å²) in [5.41, 5.74) is 2.59. The number of carbonyl (C=O) groups excluding carboxylic acids is 3. The van der Waals surface area contributed by atoms with Crippen molar-refractivity contribution in [2.24, 2.45) is 7.05 Å². The third-order valence-electron chi connectivity index (χ3n) is 13.1. The quantitative estimate of drug-likeness (QED) is 0.144. The standard InChI is InChI=1S/C38H45FN10O4S.C6H12O/c1-40-31(51)12-17-48(23-50)35-29-7-6-28(32(39)33(29)46(2)45-35)25-8-15-47(16-9-25)22-24-4-3-5-27(20-24)54(53)49-18-10-26(11-19-49)42-37-41-21-30-34(44-37)43-36(52)38(30)13-14-38;7-6-4-2-1-3-5-6/h3-7,20-21,23,25-26H,8-19,22H2,1-2H3,(H,40,51)(H2,41,42,43,44,52);6-7H,1-5H2. The van der Waals surface area contributed by atoms with Gasteiger partial charge >= 0.3 is 0 Å². The predicted molar refractivity (Wildman–Crippen MR) is 232 cm³/mol. The summed E-state index contributed by atoms with van der Waals surface area (Å²) < 4.78 is 33.2. The number of halogens is 1. The van der Waals surface area contributed by atoms with E-state index in [1.807, 2.05) is 34.6 Å². The molecule has 17 heteroatoms. The number of rotatable bonds is 12. The minimum atomic E-state index is -1.29. The Morgan fingerprint density at radius 1 is 1.07 bits per heavy atom. The Kier molecular flexibility index (Phi) is 13.1. The van der Waals surface area contributed by atoms with Crippen LogP contribution in [0.1, 0.15) is 99.7 Å². The molecule has 1 unspecified atom stereocenters. The first-order valence-corrected chi connectivity index (χ1v) is 22.9. The molecule has 1 atom stereocenters. The van der Waals surface area contributed by atoms with Crippen molar-refractivity contribution in [3.63, 3.8) is 0 Å². The average molecular weight is 857 g/mol. The number of hydrogen-bond donors (Lipinski definition) is 4. The Bertz CT molecular complexity index is 2260. The molecule has 4 aromatic rings. The molecule has 9 rings (SSSR count). The minimum absolute atomic E-state index is 0.0268. The maximum atomic E-state index is 16.1. The zero-order valence-electron chi connectivity index (χ0n) is 35.1. The van der Waals surface area contributed by atoms with Gasteiger partial charge in [0.2, 0.25) is 24.2 Å². The lowest BCUT2D eigenvalue weighted by Gasteiger charge is -2.33. The maximum absolute atomic E-state index is 16.1. The molecular weight excluding hydrogens is 800 g/mol. The second-order valence-corrected chi connectivity index (χ2v) is 18.6. The molecule has 2 aromatic heterocycles. The molecule has 2 saturated carbocycles. The fourth-order valence-corrected chi connectivity index (χ4v) is 10.6. The normalized spacial score (nSPS) is 20.1. The van der Waals surface area contributed by atoms with Crippen molar-refractivity contribution in [3.05, 3.63) is 65.1 Å². The third kappa shape index (κ3) is 9.34. The molecule has 61 heavy (non-hydrogen) atoms. The number of aliphatic hydroxyl groups is 1. The van der Waals surface area contributed by atoms with E-state index in [9.17, 15) is 18.6 Å². The first kappa shape index (κ1) is 42.8. The van der Waals surface area contributed by atoms with Gasteiger partial charge in [-0.15, -0.1) is 0 Å². The Morgan fingerprint density at radius 2 is 1.82 bits per heavy atom. The summed E-state index contributed by atoms with van der Waals surface area (Å²) in [6, 6.07) is 11.8. The number of aliphatic hydroxyl groups excluding tert-OH is 1. The van der Waals surface area contributed by atoms with Gasteiger partial charge in [0.1, 0.15) is 22.3 Å². The van der Waals surface area contributed by atoms with Gasteiger partial charge in [-0.1, -0.05) is 37.5 Å². The summed E-state index contributed by atoms with van der Waals surface area (Å²) in [4.78, 5) is 49.5. The van der Waals surface area contributed by atoms with E-state index in [0.717, 1.165) is 87.0 Å². The fourth-order valence-electron chi connectivity index (χ4n) is 9.27. The molecule has 5 heterocycles. The van der Waals surface area contributed by atoms with Gasteiger partial charge in [-0.3, -0.25) is 28.9 Å². The molecular formula is C44H57FN10O5S. The van der Waals surface area contributed by atoms with Crippen LogP contribution in [-0.4, -0.2) is 108 Å². The van der Waals surface area contributed by atoms with Crippen LogP contribution in [0.2, 0.25) is 0 Å². The number of aryl methyl sites for hydroxylation is 1. The van der Waals surface area contributed by atoms with E-state index in [4.69, 9.17) is 5.11 Å². The van der Waals surface area contributed by atoms with Crippen LogP contribution >= 0.6 is 0 Å². The van der Waals surface area contributed by atoms with Crippen LogP contribution in [-0.2, 0) is 44.4 Å². The molecule has 0 bridgehead atoms. The number of benzene rings is 2. The molecule has 2 aliphatic carbocycles. The summed E-state index contributed by atoms with van der Waals surface area (Å²) in [7, 11) is 1.92. The zero-order chi connectivity index (χ0) is 42.7. The van der Waals surface area contributed by atoms with Gasteiger partial charge in [0, 0.05) is 69.9 Å². The highest BCUT2D eigenvalue weighted by atomic mass is 32.2. The van der Waals surface area contributed by atoms with Gasteiger partial charge in [0.15, 0.2) is 11.6 Å². The summed E-state index contributed by atoms with van der Waals surface area (Å²) in [6.07, 6.45) is 13.3. The molecule has 1 spiro atoms. The molecule has 4 fully saturated rings. The van der Waals surface area contributed by atoms with E-state index >= 15 is 4.39 Å². The monoisotopic (exact) mass is 856 g/mol. The SMILES string of the molecule is CNC(=O)CCN(C=O)c1nn(C)c2c(F)c(C3CCN(Cc4cccc(S(=O)N5CCC(Nc6ncc7c(n6)NC(=O)C76CC6)CC5)c4)CC3)ccc12.OC1CCCCC1. The van der Waals surface area contributed by atoms with E-state index in [2.05, 4.69) is 42.0 Å². The van der Waals surface area contributed by atoms with Gasteiger partial charge in [0.05, 0.1) is 16.4 Å². The van der Waals surface area contributed by atoms with E-state index in [0.29, 0.717) is 53.6 Å². The smallest absolute Gasteiger partial charge is 0.236 e. The summed E-state index contributed by atoms with van der Waals surface area (Å²) >= 11 is 0. The van der Waals surface area contributed by atoms with E-state index < -0.39 is 16.4 Å². The molecule has 326 valence electrons. The molecule has 3 aliphatic heterocycles. The molecule has 2 saturated heterocycles. The number of aromatic nitrogens is 4. The van der Waals surface area contributed by atoms with E-state index in [1.165, 1.54) is 35.9 Å². The summed E-state index contributed by atoms with van der Waals surface area (Å²) in [5, 5.41) is 22.8. The molecule has 15 nitrogen and oxygen atoms in total. The Balaban J connectivity index is 0.000000668. The second kappa shape index (κ2) is 18.6. The van der Waals surface area contributed by atoms with Crippen molar-refractivity contribution in [2.75, 3.05) is 55.3 Å². The summed E-state index contributed by atoms with van der Waals surface area (Å²) in [6.45, 7) is 3.79. The summed E-state index contributed by atoms with van der Waals surface area (Å²) in [5.74, 6) is 1.01. The number of nitrogens with zero attached hydrogens (tertiary/aromatic N) is 7. The van der Waals surface area contributed by atoms with Crippen LogP contribution in [0.25, 0.3) is 10.9 Å². The van der Waals surface area contributed by atoms with E-state index in [1.54, 1.807) is 13.2 Å². The van der Waals surface area contributed by atoms with Crippen LogP contribution in [0.5, 0.6) is 0 Å². The van der Waals surface area contributed by atoms with Gasteiger partial charge in [-0.25, -0.2) is 17.9 Å². The lowest BCUT2D eigenvalue weighted by molar-refractivity contribution is -0.120. The number of piperidine rings is 2. The highest BCUT2D eigenvalue weighted by Crippen LogP contribution is 2.54. The molecule has 4 N–H and O–H groups in total. The number of carbonyl (C=O) groups is 3. The number of amides is 3. The first-order chi connectivity index (χ1) is 29.6. The van der Waals surface area contributed by atoms with Crippen LogP contribution in [0.15, 0.2) is 47.5 Å². The lowest BCUT2D eigenvalue weighted by atomic mass is 9.88. The average Bonchev–Trinajstić information content (AvgIpc) is 3.95. The number of likely N-dealkylation sites (tertiary alicyclic amines) is 1. The van der Waals surface area contributed by atoms with Crippen LogP contribution < -0.4 is 20.9 Å². The maximum Gasteiger partial charge on any atom is 0.236 e. The number of fused-ring (bicyclic) bond motifs is 3. The largest absolute Gasteiger partial charge is 0.393 e. The van der Waals surface area contributed by atoms with Gasteiger partial charge < -0.3 is 21.1 Å². The molecule has 3 amide bonds. The van der Waals surface area contributed by atoms with Crippen molar-refractivity contribution in [1.29, 1.82) is 0 Å². The van der Waals surface area contributed by atoms with Crippen molar-refractivity contribution >= 4 is 57.7 Å². The van der Waals surface area contributed by atoms with E-state index in [-0.39, 0.29) is 48.7 Å². The highest BCUT2D eigenvalue weighted by Gasteiger charge is 2.57. The minimum Gasteiger partial charge on any atom is -0.393 e. The number of hydrogen-bond acceptors (Lipinski definition) is 10. The van der Waals surface area contributed by atoms with Crippen molar-refractivity contribution in [3.8, 4) is 0 Å². The zero-order valence-corrected chi connectivity index (χ0v) is 35.9. The van der Waals surface area contributed by atoms with Crippen LogP contribution in [0.4, 0.5) is 22.0 Å². The highest BCUT2D eigenvalue weighted by molar-refractivity contribution is 7.82. The van der Waals surface area contributed by atoms with Crippen LogP contribution in [0.3, 0.4) is 0 Å². The molecule has 5 aliphatic rings. The number of nitrogens with one attached hydrogen (secondary N) is 3. The Labute approximate surface area is 358 Å². The van der Waals surface area contributed by atoms with Crippen molar-refractivity contribution in [1.82, 2.24) is 34.3 Å². The molecule has 0 radical (unpaired) electrons. The Morgan fingerprint density at radius 3 is 2.49 bits per heavy atom. The topological polar surface area (TPSA) is 178 Å². The van der Waals surface area contributed by atoms with Gasteiger partial charge in [-0.2, -0.15) is 10.1 Å².